The van der Waals surface area contributed by atoms with Crippen molar-refractivity contribution in [2.24, 2.45) is 0 Å². The molecule has 2 N–H and O–H groups in total. The number of likely N-dealkylation sites (N-methyl/N-ethyl adjacent to an activating group) is 1. The zero-order valence-corrected chi connectivity index (χ0v) is 9.29. The molecule has 0 saturated heterocycles. The summed E-state index contributed by atoms with van der Waals surface area (Å²) in [4.78, 5) is 0. The van der Waals surface area contributed by atoms with Crippen LogP contribution in [0, 0.1) is 0 Å². The van der Waals surface area contributed by atoms with Crippen LogP contribution < -0.4 is 5.32 Å². The molecule has 1 atom stereocenters. The van der Waals surface area contributed by atoms with Gasteiger partial charge in [-0.25, -0.2) is 0 Å². The summed E-state index contributed by atoms with van der Waals surface area (Å²) in [6.45, 7) is 4.23. The van der Waals surface area contributed by atoms with Crippen molar-refractivity contribution in [3.63, 3.8) is 0 Å². The third kappa shape index (κ3) is 2.32. The number of hydrogen-bond acceptors (Lipinski definition) is 2. The van der Waals surface area contributed by atoms with Crippen LogP contribution >= 0.6 is 0 Å². The lowest BCUT2D eigenvalue weighted by molar-refractivity contribution is 0.469. The van der Waals surface area contributed by atoms with Gasteiger partial charge in [-0.1, -0.05) is 13.0 Å². The van der Waals surface area contributed by atoms with Crippen LogP contribution in [0.2, 0.25) is 0 Å². The number of phenolic OH excluding ortho intramolecular Hbond substituents is 1. The van der Waals surface area contributed by atoms with E-state index >= 15 is 0 Å². The lowest BCUT2D eigenvalue weighted by atomic mass is 9.82. The van der Waals surface area contributed by atoms with Gasteiger partial charge in [0.2, 0.25) is 0 Å². The zero-order chi connectivity index (χ0) is 10.7. The molecule has 2 heteroatoms. The summed E-state index contributed by atoms with van der Waals surface area (Å²) in [5, 5.41) is 12.8. The van der Waals surface area contributed by atoms with E-state index in [9.17, 15) is 5.11 Å². The van der Waals surface area contributed by atoms with Gasteiger partial charge in [0.1, 0.15) is 5.75 Å². The highest BCUT2D eigenvalue weighted by molar-refractivity contribution is 5.38. The maximum Gasteiger partial charge on any atom is 0.115 e. The minimum atomic E-state index is 0.401. The van der Waals surface area contributed by atoms with Gasteiger partial charge >= 0.3 is 0 Å². The van der Waals surface area contributed by atoms with Crippen molar-refractivity contribution in [3.05, 3.63) is 29.3 Å². The second-order valence-corrected chi connectivity index (χ2v) is 4.28. The van der Waals surface area contributed by atoms with E-state index in [1.807, 2.05) is 12.1 Å². The standard InChI is InChI=1S/C13H19NO/c1-2-14-9-11-5-3-4-10-8-12(15)6-7-13(10)11/h6-8,11,14-15H,2-5,9H2,1H3. The number of nitrogens with one attached hydrogen (secondary N) is 1. The maximum absolute atomic E-state index is 9.43. The number of rotatable bonds is 3. The van der Waals surface area contributed by atoms with Crippen LogP contribution in [-0.2, 0) is 6.42 Å². The molecule has 0 radical (unpaired) electrons. The Hall–Kier alpha value is -1.02. The fourth-order valence-corrected chi connectivity index (χ4v) is 2.43. The molecule has 82 valence electrons. The Labute approximate surface area is 91.3 Å². The van der Waals surface area contributed by atoms with Crippen molar-refractivity contribution >= 4 is 0 Å². The molecule has 0 bridgehead atoms. The molecule has 2 nitrogen and oxygen atoms in total. The number of phenols is 1. The average Bonchev–Trinajstić information content (AvgIpc) is 2.25. The molecular weight excluding hydrogens is 186 g/mol. The third-order valence-corrected chi connectivity index (χ3v) is 3.21. The van der Waals surface area contributed by atoms with Gasteiger partial charge in [-0.05, 0) is 55.0 Å². The Balaban J connectivity index is 2.18. The van der Waals surface area contributed by atoms with E-state index in [1.165, 1.54) is 24.0 Å². The lowest BCUT2D eigenvalue weighted by Crippen LogP contribution is -2.24. The van der Waals surface area contributed by atoms with Crippen molar-refractivity contribution in [1.29, 1.82) is 0 Å². The minimum absolute atomic E-state index is 0.401. The first kappa shape index (κ1) is 10.5. The van der Waals surface area contributed by atoms with E-state index in [4.69, 9.17) is 0 Å². The summed E-state index contributed by atoms with van der Waals surface area (Å²) in [5.41, 5.74) is 2.77. The second-order valence-electron chi connectivity index (χ2n) is 4.28. The Morgan fingerprint density at radius 1 is 1.47 bits per heavy atom. The first-order valence-electron chi connectivity index (χ1n) is 5.83. The summed E-state index contributed by atoms with van der Waals surface area (Å²) in [6.07, 6.45) is 3.63. The molecule has 1 aromatic carbocycles. The SMILES string of the molecule is CCNCC1CCCc2cc(O)ccc21. The van der Waals surface area contributed by atoms with Crippen LogP contribution in [-0.4, -0.2) is 18.2 Å². The highest BCUT2D eigenvalue weighted by Crippen LogP contribution is 2.32. The Morgan fingerprint density at radius 2 is 2.33 bits per heavy atom. The number of aryl methyl sites for hydroxylation is 1. The van der Waals surface area contributed by atoms with Gasteiger partial charge in [0.15, 0.2) is 0 Å². The Kier molecular flexibility index (Phi) is 3.27. The zero-order valence-electron chi connectivity index (χ0n) is 9.29. The summed E-state index contributed by atoms with van der Waals surface area (Å²) in [5.74, 6) is 1.03. The van der Waals surface area contributed by atoms with E-state index in [0.29, 0.717) is 11.7 Å². The van der Waals surface area contributed by atoms with Gasteiger partial charge < -0.3 is 10.4 Å². The van der Waals surface area contributed by atoms with Crippen LogP contribution in [0.1, 0.15) is 36.8 Å². The van der Waals surface area contributed by atoms with Gasteiger partial charge in [-0.15, -0.1) is 0 Å². The predicted octanol–water partition coefficient (Wildman–Crippen LogP) is 2.42. The molecule has 0 aliphatic heterocycles. The number of fused-ring (bicyclic) bond motifs is 1. The first-order valence-corrected chi connectivity index (χ1v) is 5.83. The summed E-state index contributed by atoms with van der Waals surface area (Å²) in [6, 6.07) is 5.82. The smallest absolute Gasteiger partial charge is 0.115 e. The minimum Gasteiger partial charge on any atom is -0.508 e. The van der Waals surface area contributed by atoms with Crippen molar-refractivity contribution in [2.75, 3.05) is 13.1 Å². The molecule has 0 saturated carbocycles. The molecule has 0 heterocycles. The lowest BCUT2D eigenvalue weighted by Gasteiger charge is -2.25. The van der Waals surface area contributed by atoms with Crippen LogP contribution in [0.4, 0.5) is 0 Å². The van der Waals surface area contributed by atoms with Gasteiger partial charge in [0.05, 0.1) is 0 Å². The Morgan fingerprint density at radius 3 is 3.13 bits per heavy atom. The average molecular weight is 205 g/mol. The van der Waals surface area contributed by atoms with E-state index < -0.39 is 0 Å². The fraction of sp³-hybridized carbons (Fsp3) is 0.538. The largest absolute Gasteiger partial charge is 0.508 e. The molecule has 0 fully saturated rings. The van der Waals surface area contributed by atoms with Gasteiger partial charge in [0, 0.05) is 6.54 Å². The topological polar surface area (TPSA) is 32.3 Å². The highest BCUT2D eigenvalue weighted by atomic mass is 16.3. The number of benzene rings is 1. The Bertz CT molecular complexity index is 335. The summed E-state index contributed by atoms with van der Waals surface area (Å²) in [7, 11) is 0. The van der Waals surface area contributed by atoms with E-state index in [-0.39, 0.29) is 0 Å². The second kappa shape index (κ2) is 4.67. The molecular formula is C13H19NO. The van der Waals surface area contributed by atoms with E-state index in [1.54, 1.807) is 0 Å². The third-order valence-electron chi connectivity index (χ3n) is 3.21. The van der Waals surface area contributed by atoms with Crippen molar-refractivity contribution in [3.8, 4) is 5.75 Å². The molecule has 2 rings (SSSR count). The monoisotopic (exact) mass is 205 g/mol. The molecule has 1 aromatic rings. The molecule has 0 amide bonds. The van der Waals surface area contributed by atoms with E-state index in [0.717, 1.165) is 19.5 Å². The molecule has 1 unspecified atom stereocenters. The summed E-state index contributed by atoms with van der Waals surface area (Å²) < 4.78 is 0. The molecule has 1 aliphatic rings. The van der Waals surface area contributed by atoms with Crippen molar-refractivity contribution in [2.45, 2.75) is 32.1 Å². The van der Waals surface area contributed by atoms with Crippen molar-refractivity contribution in [1.82, 2.24) is 5.32 Å². The number of hydrogen-bond donors (Lipinski definition) is 2. The molecule has 0 spiro atoms. The van der Waals surface area contributed by atoms with E-state index in [2.05, 4.69) is 18.3 Å². The van der Waals surface area contributed by atoms with Crippen LogP contribution in [0.3, 0.4) is 0 Å². The normalized spacial score (nSPS) is 19.9. The molecule has 0 aromatic heterocycles. The van der Waals surface area contributed by atoms with Crippen LogP contribution in [0.25, 0.3) is 0 Å². The van der Waals surface area contributed by atoms with Gasteiger partial charge in [0.25, 0.3) is 0 Å². The highest BCUT2D eigenvalue weighted by Gasteiger charge is 2.19. The summed E-state index contributed by atoms with van der Waals surface area (Å²) >= 11 is 0. The van der Waals surface area contributed by atoms with Gasteiger partial charge in [-0.3, -0.25) is 0 Å². The quantitative estimate of drug-likeness (QED) is 0.794. The molecule has 1 aliphatic carbocycles. The van der Waals surface area contributed by atoms with Crippen molar-refractivity contribution < 1.29 is 5.11 Å². The molecule has 15 heavy (non-hydrogen) atoms. The van der Waals surface area contributed by atoms with Crippen LogP contribution in [0.15, 0.2) is 18.2 Å². The first-order chi connectivity index (χ1) is 7.31. The number of aromatic hydroxyl groups is 1. The van der Waals surface area contributed by atoms with Gasteiger partial charge in [-0.2, -0.15) is 0 Å². The fourth-order valence-electron chi connectivity index (χ4n) is 2.43. The predicted molar refractivity (Wildman–Crippen MR) is 62.3 cm³/mol. The maximum atomic E-state index is 9.43. The van der Waals surface area contributed by atoms with Crippen LogP contribution in [0.5, 0.6) is 5.75 Å².